The second-order valence-corrected chi connectivity index (χ2v) is 6.84. The van der Waals surface area contributed by atoms with Gasteiger partial charge in [0.25, 0.3) is 11.7 Å². The molecular formula is C23H19N3O3. The molecule has 1 amide bonds. The van der Waals surface area contributed by atoms with Gasteiger partial charge in [-0.2, -0.15) is 0 Å². The molecule has 6 nitrogen and oxygen atoms in total. The zero-order valence-corrected chi connectivity index (χ0v) is 15.8. The summed E-state index contributed by atoms with van der Waals surface area (Å²) in [7, 11) is 0. The summed E-state index contributed by atoms with van der Waals surface area (Å²) in [5.41, 5.74) is 2.89. The zero-order valence-electron chi connectivity index (χ0n) is 15.8. The zero-order chi connectivity index (χ0) is 20.4. The molecule has 144 valence electrons. The standard InChI is InChI=1S/C23H19N3O3/c1-15-6-2-3-8-18(15)20-19(21(27)16-9-12-24-13-10-16)22(28)23(29)26(20)14-17-7-4-5-11-25-17/h2-13,20,27H,14H2,1H3/b21-19+. The van der Waals surface area contributed by atoms with Gasteiger partial charge in [-0.05, 0) is 42.3 Å². The molecule has 0 spiro atoms. The smallest absolute Gasteiger partial charge is 0.296 e. The predicted octanol–water partition coefficient (Wildman–Crippen LogP) is 3.41. The molecule has 6 heteroatoms. The largest absolute Gasteiger partial charge is 0.507 e. The molecule has 1 aliphatic heterocycles. The van der Waals surface area contributed by atoms with Crippen LogP contribution in [-0.2, 0) is 16.1 Å². The van der Waals surface area contributed by atoms with Gasteiger partial charge in [0.1, 0.15) is 5.76 Å². The van der Waals surface area contributed by atoms with E-state index in [9.17, 15) is 14.7 Å². The summed E-state index contributed by atoms with van der Waals surface area (Å²) in [6.07, 6.45) is 4.70. The van der Waals surface area contributed by atoms with Crippen molar-refractivity contribution in [1.82, 2.24) is 14.9 Å². The number of pyridine rings is 2. The van der Waals surface area contributed by atoms with Gasteiger partial charge in [-0.3, -0.25) is 19.6 Å². The van der Waals surface area contributed by atoms with Crippen molar-refractivity contribution in [2.45, 2.75) is 19.5 Å². The van der Waals surface area contributed by atoms with Crippen molar-refractivity contribution in [3.63, 3.8) is 0 Å². The molecule has 1 N–H and O–H groups in total. The average molecular weight is 385 g/mol. The Morgan fingerprint density at radius 3 is 2.41 bits per heavy atom. The highest BCUT2D eigenvalue weighted by Crippen LogP contribution is 2.41. The van der Waals surface area contributed by atoms with Crippen molar-refractivity contribution in [1.29, 1.82) is 0 Å². The lowest BCUT2D eigenvalue weighted by Gasteiger charge is -2.26. The van der Waals surface area contributed by atoms with Gasteiger partial charge in [-0.1, -0.05) is 30.3 Å². The second-order valence-electron chi connectivity index (χ2n) is 6.84. The Hall–Kier alpha value is -3.80. The Morgan fingerprint density at radius 2 is 1.72 bits per heavy atom. The van der Waals surface area contributed by atoms with Crippen LogP contribution < -0.4 is 0 Å². The summed E-state index contributed by atoms with van der Waals surface area (Å²) >= 11 is 0. The molecule has 0 saturated carbocycles. The quantitative estimate of drug-likeness (QED) is 0.423. The van der Waals surface area contributed by atoms with E-state index >= 15 is 0 Å². The molecule has 29 heavy (non-hydrogen) atoms. The van der Waals surface area contributed by atoms with Gasteiger partial charge < -0.3 is 10.0 Å². The maximum atomic E-state index is 13.0. The molecule has 1 saturated heterocycles. The lowest BCUT2D eigenvalue weighted by atomic mass is 9.92. The van der Waals surface area contributed by atoms with Crippen molar-refractivity contribution in [3.8, 4) is 0 Å². The maximum Gasteiger partial charge on any atom is 0.296 e. The highest BCUT2D eigenvalue weighted by Gasteiger charge is 2.46. The summed E-state index contributed by atoms with van der Waals surface area (Å²) < 4.78 is 0. The number of aliphatic hydroxyl groups is 1. The van der Waals surface area contributed by atoms with Crippen molar-refractivity contribution in [3.05, 3.63) is 101 Å². The number of carbonyl (C=O) groups excluding carboxylic acids is 2. The van der Waals surface area contributed by atoms with E-state index in [1.54, 1.807) is 30.5 Å². The fourth-order valence-corrected chi connectivity index (χ4v) is 3.59. The number of likely N-dealkylation sites (tertiary alicyclic amines) is 1. The van der Waals surface area contributed by atoms with E-state index in [0.717, 1.165) is 11.1 Å². The molecular weight excluding hydrogens is 366 g/mol. The van der Waals surface area contributed by atoms with E-state index in [1.165, 1.54) is 17.3 Å². The van der Waals surface area contributed by atoms with E-state index in [4.69, 9.17) is 0 Å². The molecule has 3 aromatic rings. The van der Waals surface area contributed by atoms with Crippen LogP contribution in [0.1, 0.15) is 28.4 Å². The maximum absolute atomic E-state index is 13.0. The molecule has 3 heterocycles. The lowest BCUT2D eigenvalue weighted by Crippen LogP contribution is -2.29. The van der Waals surface area contributed by atoms with Crippen LogP contribution in [0.3, 0.4) is 0 Å². The minimum absolute atomic E-state index is 0.0754. The van der Waals surface area contributed by atoms with Crippen LogP contribution in [0.2, 0.25) is 0 Å². The number of hydrogen-bond donors (Lipinski definition) is 1. The number of benzene rings is 1. The highest BCUT2D eigenvalue weighted by atomic mass is 16.3. The monoisotopic (exact) mass is 385 g/mol. The fourth-order valence-electron chi connectivity index (χ4n) is 3.59. The molecule has 1 atom stereocenters. The topological polar surface area (TPSA) is 83.4 Å². The Kier molecular flexibility index (Phi) is 4.91. The first-order valence-corrected chi connectivity index (χ1v) is 9.22. The molecule has 1 fully saturated rings. The van der Waals surface area contributed by atoms with Gasteiger partial charge >= 0.3 is 0 Å². The van der Waals surface area contributed by atoms with Gasteiger partial charge in [0, 0.05) is 24.2 Å². The van der Waals surface area contributed by atoms with Crippen LogP contribution in [-0.4, -0.2) is 31.7 Å². The highest BCUT2D eigenvalue weighted by molar-refractivity contribution is 6.46. The number of amides is 1. The molecule has 4 rings (SSSR count). The van der Waals surface area contributed by atoms with E-state index in [1.807, 2.05) is 37.3 Å². The SMILES string of the molecule is Cc1ccccc1C1/C(=C(\O)c2ccncc2)C(=O)C(=O)N1Cc1ccccn1. The average Bonchev–Trinajstić information content (AvgIpc) is 3.00. The summed E-state index contributed by atoms with van der Waals surface area (Å²) in [4.78, 5) is 35.6. The summed E-state index contributed by atoms with van der Waals surface area (Å²) in [5.74, 6) is -1.56. The van der Waals surface area contributed by atoms with Crippen LogP contribution >= 0.6 is 0 Å². The van der Waals surface area contributed by atoms with E-state index in [0.29, 0.717) is 11.3 Å². The van der Waals surface area contributed by atoms with Gasteiger partial charge in [0.2, 0.25) is 0 Å². The van der Waals surface area contributed by atoms with Crippen molar-refractivity contribution >= 4 is 17.4 Å². The number of ketones is 1. The van der Waals surface area contributed by atoms with E-state index in [2.05, 4.69) is 9.97 Å². The first kappa shape index (κ1) is 18.6. The third-order valence-corrected chi connectivity index (χ3v) is 5.04. The van der Waals surface area contributed by atoms with Gasteiger partial charge in [-0.25, -0.2) is 0 Å². The molecule has 0 radical (unpaired) electrons. The van der Waals surface area contributed by atoms with E-state index in [-0.39, 0.29) is 17.9 Å². The Balaban J connectivity index is 1.89. The Labute approximate surface area is 168 Å². The van der Waals surface area contributed by atoms with Gasteiger partial charge in [0.05, 0.1) is 23.9 Å². The minimum Gasteiger partial charge on any atom is -0.507 e. The predicted molar refractivity (Wildman–Crippen MR) is 107 cm³/mol. The van der Waals surface area contributed by atoms with Gasteiger partial charge in [0.15, 0.2) is 0 Å². The normalized spacial score (nSPS) is 18.2. The number of nitrogens with zero attached hydrogens (tertiary/aromatic N) is 3. The van der Waals surface area contributed by atoms with Crippen LogP contribution in [0, 0.1) is 6.92 Å². The summed E-state index contributed by atoms with van der Waals surface area (Å²) in [6.45, 7) is 2.08. The molecule has 0 bridgehead atoms. The number of carbonyl (C=O) groups is 2. The number of rotatable bonds is 4. The van der Waals surface area contributed by atoms with Crippen LogP contribution in [0.5, 0.6) is 0 Å². The third-order valence-electron chi connectivity index (χ3n) is 5.04. The number of aromatic nitrogens is 2. The van der Waals surface area contributed by atoms with Crippen molar-refractivity contribution < 1.29 is 14.7 Å². The van der Waals surface area contributed by atoms with Gasteiger partial charge in [-0.15, -0.1) is 0 Å². The Morgan fingerprint density at radius 1 is 1.00 bits per heavy atom. The molecule has 1 aliphatic rings. The Bertz CT molecular complexity index is 1090. The van der Waals surface area contributed by atoms with Crippen LogP contribution in [0.25, 0.3) is 5.76 Å². The van der Waals surface area contributed by atoms with E-state index < -0.39 is 17.7 Å². The van der Waals surface area contributed by atoms with Crippen LogP contribution in [0.15, 0.2) is 78.8 Å². The number of aliphatic hydroxyl groups excluding tert-OH is 1. The first-order valence-electron chi connectivity index (χ1n) is 9.22. The number of hydrogen-bond acceptors (Lipinski definition) is 5. The van der Waals surface area contributed by atoms with Crippen molar-refractivity contribution in [2.75, 3.05) is 0 Å². The molecule has 1 unspecified atom stereocenters. The summed E-state index contributed by atoms with van der Waals surface area (Å²) in [5, 5.41) is 11.0. The minimum atomic E-state index is -0.705. The number of Topliss-reactive ketones (excluding diaryl/α,β-unsaturated/α-hetero) is 1. The van der Waals surface area contributed by atoms with Crippen LogP contribution in [0.4, 0.5) is 0 Å². The molecule has 0 aliphatic carbocycles. The first-order chi connectivity index (χ1) is 14.1. The summed E-state index contributed by atoms with van der Waals surface area (Å²) in [6, 6.07) is 15.5. The number of aryl methyl sites for hydroxylation is 1. The third kappa shape index (κ3) is 3.40. The lowest BCUT2D eigenvalue weighted by molar-refractivity contribution is -0.140. The fraction of sp³-hybridized carbons (Fsp3) is 0.130. The van der Waals surface area contributed by atoms with Crippen molar-refractivity contribution in [2.24, 2.45) is 0 Å². The molecule has 1 aromatic carbocycles. The molecule has 2 aromatic heterocycles. The second kappa shape index (κ2) is 7.67.